The lowest BCUT2D eigenvalue weighted by atomic mass is 9.93. The summed E-state index contributed by atoms with van der Waals surface area (Å²) in [7, 11) is 1.47. The van der Waals surface area contributed by atoms with E-state index in [0.717, 1.165) is 17.8 Å². The van der Waals surface area contributed by atoms with Gasteiger partial charge in [0, 0.05) is 105 Å². The van der Waals surface area contributed by atoms with E-state index in [1.165, 1.54) is 24.4 Å². The van der Waals surface area contributed by atoms with Crippen LogP contribution in [0, 0.1) is 11.6 Å². The number of amides is 1. The zero-order valence-electron chi connectivity index (χ0n) is 34.2. The van der Waals surface area contributed by atoms with Gasteiger partial charge in [-0.1, -0.05) is 37.0 Å². The summed E-state index contributed by atoms with van der Waals surface area (Å²) < 4.78 is 88.9. The Hall–Kier alpha value is -4.91. The number of nitrogens with zero attached hydrogens (tertiary/aromatic N) is 7. The van der Waals surface area contributed by atoms with Crippen LogP contribution in [0.15, 0.2) is 49.3 Å². The molecule has 332 valence electrons. The van der Waals surface area contributed by atoms with E-state index in [9.17, 15) is 31.1 Å². The maximum absolute atomic E-state index is 14.5. The molecule has 62 heavy (non-hydrogen) atoms. The van der Waals surface area contributed by atoms with Crippen LogP contribution in [0.25, 0.3) is 44.8 Å². The molecule has 8 rings (SSSR count). The number of H-pyrrole nitrogens is 2. The van der Waals surface area contributed by atoms with Gasteiger partial charge in [-0.25, -0.2) is 56.2 Å². The van der Waals surface area contributed by atoms with Crippen molar-refractivity contribution < 1.29 is 35.9 Å². The second kappa shape index (κ2) is 20.5. The van der Waals surface area contributed by atoms with Crippen LogP contribution in [-0.2, 0) is 22.4 Å². The first-order valence-corrected chi connectivity index (χ1v) is 21.0. The molecule has 2 unspecified atom stereocenters. The van der Waals surface area contributed by atoms with E-state index in [-0.39, 0.29) is 93.8 Å². The summed E-state index contributed by atoms with van der Waals surface area (Å²) in [4.78, 5) is 45.1. The van der Waals surface area contributed by atoms with Crippen molar-refractivity contribution in [2.24, 2.45) is 0 Å². The average molecular weight is 908 g/mol. The van der Waals surface area contributed by atoms with Crippen LogP contribution in [0.1, 0.15) is 70.2 Å². The van der Waals surface area contributed by atoms with Gasteiger partial charge in [0.15, 0.2) is 23.3 Å². The highest BCUT2D eigenvalue weighted by Gasteiger charge is 2.42. The minimum absolute atomic E-state index is 0.0409. The zero-order valence-corrected chi connectivity index (χ0v) is 35.7. The molecule has 8 heterocycles. The number of aromatic nitrogens is 8. The van der Waals surface area contributed by atoms with E-state index < -0.39 is 35.9 Å². The van der Waals surface area contributed by atoms with Crippen LogP contribution in [0.2, 0.25) is 10.0 Å². The summed E-state index contributed by atoms with van der Waals surface area (Å²) in [5.41, 5.74) is 2.77. The molecule has 1 amide bonds. The fraction of sp³-hybridized carbons (Fsp3) is 0.452. The summed E-state index contributed by atoms with van der Waals surface area (Å²) in [5.74, 6) is -6.35. The molecule has 2 aliphatic heterocycles. The lowest BCUT2D eigenvalue weighted by molar-refractivity contribution is -0.144. The maximum Gasteiger partial charge on any atom is 0.251 e. The molecule has 0 bridgehead atoms. The highest BCUT2D eigenvalue weighted by atomic mass is 35.5. The Balaban J connectivity index is 0.000000202. The summed E-state index contributed by atoms with van der Waals surface area (Å²) in [6, 6.07) is 2.36. The molecule has 12 nitrogen and oxygen atoms in total. The summed E-state index contributed by atoms with van der Waals surface area (Å²) in [6.07, 6.45) is 8.27. The van der Waals surface area contributed by atoms with Crippen molar-refractivity contribution in [3.8, 4) is 22.8 Å². The number of carbonyl (C=O) groups excluding carboxylic acids is 1. The number of likely N-dealkylation sites (tertiary alicyclic amines) is 1. The van der Waals surface area contributed by atoms with Crippen LogP contribution in [0.3, 0.4) is 0 Å². The smallest absolute Gasteiger partial charge is 0.251 e. The number of rotatable bonds is 11. The van der Waals surface area contributed by atoms with E-state index in [0.29, 0.717) is 50.1 Å². The predicted octanol–water partition coefficient (Wildman–Crippen LogP) is 9.57. The van der Waals surface area contributed by atoms with E-state index in [4.69, 9.17) is 27.9 Å². The van der Waals surface area contributed by atoms with Gasteiger partial charge < -0.3 is 24.9 Å². The fourth-order valence-corrected chi connectivity index (χ4v) is 7.81. The monoisotopic (exact) mass is 906 g/mol. The average Bonchev–Trinajstić information content (AvgIpc) is 3.86. The van der Waals surface area contributed by atoms with Gasteiger partial charge in [0.05, 0.1) is 46.9 Å². The third-order valence-electron chi connectivity index (χ3n) is 10.6. The molecule has 0 aromatic carbocycles. The summed E-state index contributed by atoms with van der Waals surface area (Å²) >= 11 is 12.0. The van der Waals surface area contributed by atoms with Crippen LogP contribution in [0.5, 0.6) is 0 Å². The molecule has 2 aliphatic rings. The van der Waals surface area contributed by atoms with Crippen molar-refractivity contribution in [1.29, 1.82) is 0 Å². The molecule has 20 heteroatoms. The Kier molecular flexibility index (Phi) is 15.4. The molecule has 3 N–H and O–H groups in total. The van der Waals surface area contributed by atoms with Crippen molar-refractivity contribution in [1.82, 2.24) is 50.1 Å². The van der Waals surface area contributed by atoms with Crippen LogP contribution >= 0.6 is 23.2 Å². The first kappa shape index (κ1) is 46.6. The zero-order chi connectivity index (χ0) is 44.6. The van der Waals surface area contributed by atoms with Crippen LogP contribution in [-0.4, -0.2) is 101 Å². The second-order valence-corrected chi connectivity index (χ2v) is 15.7. The largest absolute Gasteiger partial charge is 0.384 e. The summed E-state index contributed by atoms with van der Waals surface area (Å²) in [5, 5.41) is 5.38. The molecular formula is C42H46Cl2F6N10O2. The second-order valence-electron chi connectivity index (χ2n) is 14.8. The Bertz CT molecular complexity index is 2470. The molecule has 6 aromatic rings. The number of nitrogens with one attached hydrogen (secondary N) is 3. The molecular weight excluding hydrogens is 861 g/mol. The first-order chi connectivity index (χ1) is 29.7. The quantitative estimate of drug-likeness (QED) is 0.108. The van der Waals surface area contributed by atoms with Gasteiger partial charge in [-0.05, 0) is 37.8 Å². The number of hydrogen-bond donors (Lipinski definition) is 3. The number of aromatic amines is 2. The molecule has 0 radical (unpaired) electrons. The molecule has 2 fully saturated rings. The number of hydrogen-bond acceptors (Lipinski definition) is 9. The van der Waals surface area contributed by atoms with Gasteiger partial charge in [-0.3, -0.25) is 4.79 Å². The van der Waals surface area contributed by atoms with Crippen molar-refractivity contribution in [2.75, 3.05) is 26.8 Å². The van der Waals surface area contributed by atoms with Gasteiger partial charge in [0.2, 0.25) is 5.91 Å². The topological polar surface area (TPSA) is 150 Å². The summed E-state index contributed by atoms with van der Waals surface area (Å²) in [6.45, 7) is 4.44. The van der Waals surface area contributed by atoms with Crippen molar-refractivity contribution in [3.63, 3.8) is 0 Å². The molecule has 0 spiro atoms. The maximum atomic E-state index is 14.5. The molecule has 2 atom stereocenters. The highest BCUT2D eigenvalue weighted by molar-refractivity contribution is 6.31. The first-order valence-electron chi connectivity index (χ1n) is 20.2. The number of ether oxygens (including phenoxy) is 1. The van der Waals surface area contributed by atoms with Gasteiger partial charge in [-0.15, -0.1) is 0 Å². The van der Waals surface area contributed by atoms with E-state index in [1.54, 1.807) is 24.5 Å². The number of alkyl halides is 4. The Labute approximate surface area is 363 Å². The molecule has 2 saturated heterocycles. The van der Waals surface area contributed by atoms with E-state index in [1.807, 2.05) is 13.8 Å². The van der Waals surface area contributed by atoms with Gasteiger partial charge >= 0.3 is 0 Å². The van der Waals surface area contributed by atoms with Crippen molar-refractivity contribution >= 4 is 51.2 Å². The number of halogens is 8. The minimum atomic E-state index is -2.87. The molecule has 0 saturated carbocycles. The highest BCUT2D eigenvalue weighted by Crippen LogP contribution is 2.35. The van der Waals surface area contributed by atoms with Crippen molar-refractivity contribution in [3.05, 3.63) is 82.4 Å². The fourth-order valence-electron chi connectivity index (χ4n) is 7.50. The number of aryl methyl sites for hydroxylation is 2. The third kappa shape index (κ3) is 11.6. The standard InChI is InChI=1S/C22H23ClF3N5O2.C18H17ClF3N5.C2H6/c1-33-7-4-19(32)31-6-5-22(25,26)9-14(31)2-3-18-17(24)12-29-21(30-18)16-11-28-20-15(16)8-13(23)10-27-20;19-10-5-12-13(8-25-16(12)24-7-10)17-26-9-14(20)15(27-17)2-1-11-6-18(21,22)3-4-23-11;1-2/h8,10-12,14H,2-7,9H2,1H3,(H,27,28);5,7-9,11,23H,1-4,6H2,(H,24,25);1-2H3. The van der Waals surface area contributed by atoms with Gasteiger partial charge in [-0.2, -0.15) is 0 Å². The lowest BCUT2D eigenvalue weighted by Gasteiger charge is -2.39. The molecule has 0 aliphatic carbocycles. The number of carbonyl (C=O) groups is 1. The molecule has 6 aromatic heterocycles. The van der Waals surface area contributed by atoms with E-state index >= 15 is 0 Å². The lowest BCUT2D eigenvalue weighted by Crippen LogP contribution is -2.50. The van der Waals surface area contributed by atoms with Gasteiger partial charge in [0.1, 0.15) is 11.3 Å². The Morgan fingerprint density at radius 3 is 1.85 bits per heavy atom. The van der Waals surface area contributed by atoms with Crippen LogP contribution in [0.4, 0.5) is 26.3 Å². The van der Waals surface area contributed by atoms with Crippen molar-refractivity contribution in [2.45, 2.75) is 95.6 Å². The minimum Gasteiger partial charge on any atom is -0.384 e. The number of piperidine rings is 2. The SMILES string of the molecule is CC.COCCC(=O)N1CCC(F)(F)CC1CCc1nc(-c2c[nH]c3ncc(Cl)cc23)ncc1F.Fc1cnc(-c2c[nH]c3ncc(Cl)cc23)nc1CCC1CC(F)(F)CCN1. The Morgan fingerprint density at radius 1 is 0.790 bits per heavy atom. The Morgan fingerprint density at radius 2 is 1.32 bits per heavy atom. The third-order valence-corrected chi connectivity index (χ3v) is 11.0. The van der Waals surface area contributed by atoms with E-state index in [2.05, 4.69) is 45.2 Å². The number of fused-ring (bicyclic) bond motifs is 2. The van der Waals surface area contributed by atoms with Crippen LogP contribution < -0.4 is 5.32 Å². The number of pyridine rings is 2. The van der Waals surface area contributed by atoms with Gasteiger partial charge in [0.25, 0.3) is 11.8 Å². The normalized spacial score (nSPS) is 18.2. The number of methoxy groups -OCH3 is 1. The predicted molar refractivity (Wildman–Crippen MR) is 224 cm³/mol.